The highest BCUT2D eigenvalue weighted by Crippen LogP contribution is 2.23. The maximum absolute atomic E-state index is 12.2. The molecular weight excluding hydrogens is 310 g/mol. The molecule has 0 spiro atoms. The number of urea groups is 1. The van der Waals surface area contributed by atoms with Gasteiger partial charge in [-0.15, -0.1) is 0 Å². The molecule has 24 heavy (non-hydrogen) atoms. The van der Waals surface area contributed by atoms with Gasteiger partial charge in [0.05, 0.1) is 25.9 Å². The summed E-state index contributed by atoms with van der Waals surface area (Å²) in [6, 6.07) is 5.40. The predicted molar refractivity (Wildman–Crippen MR) is 91.1 cm³/mol. The van der Waals surface area contributed by atoms with Crippen LogP contribution in [0.15, 0.2) is 18.2 Å². The van der Waals surface area contributed by atoms with Crippen LogP contribution < -0.4 is 15.5 Å². The van der Waals surface area contributed by atoms with Gasteiger partial charge in [-0.2, -0.15) is 0 Å². The van der Waals surface area contributed by atoms with Crippen molar-refractivity contribution < 1.29 is 19.4 Å². The molecule has 1 aliphatic heterocycles. The van der Waals surface area contributed by atoms with Crippen molar-refractivity contribution in [2.45, 2.75) is 26.3 Å². The summed E-state index contributed by atoms with van der Waals surface area (Å²) in [6.07, 6.45) is 0.293. The number of carbonyl (C=O) groups is 2. The van der Waals surface area contributed by atoms with Crippen LogP contribution in [0, 0.1) is 13.8 Å². The molecule has 0 unspecified atom stereocenters. The van der Waals surface area contributed by atoms with E-state index in [0.717, 1.165) is 11.3 Å². The monoisotopic (exact) mass is 335 g/mol. The molecule has 1 fully saturated rings. The van der Waals surface area contributed by atoms with Gasteiger partial charge in [-0.1, -0.05) is 6.07 Å². The van der Waals surface area contributed by atoms with Gasteiger partial charge in [-0.05, 0) is 37.1 Å². The quantitative estimate of drug-likeness (QED) is 0.640. The van der Waals surface area contributed by atoms with Crippen molar-refractivity contribution in [3.05, 3.63) is 29.3 Å². The highest BCUT2D eigenvalue weighted by atomic mass is 16.5. The molecule has 7 heteroatoms. The number of benzene rings is 1. The Bertz CT molecular complexity index is 591. The lowest BCUT2D eigenvalue weighted by atomic mass is 10.1. The van der Waals surface area contributed by atoms with Crippen molar-refractivity contribution in [2.24, 2.45) is 0 Å². The molecule has 0 aliphatic carbocycles. The summed E-state index contributed by atoms with van der Waals surface area (Å²) in [7, 11) is 0. The zero-order valence-corrected chi connectivity index (χ0v) is 14.2. The molecule has 7 nitrogen and oxygen atoms in total. The van der Waals surface area contributed by atoms with E-state index in [2.05, 4.69) is 10.6 Å². The van der Waals surface area contributed by atoms with Crippen LogP contribution in [-0.2, 0) is 9.53 Å². The molecule has 0 saturated carbocycles. The predicted octanol–water partition coefficient (Wildman–Crippen LogP) is 0.717. The van der Waals surface area contributed by atoms with E-state index >= 15 is 0 Å². The number of hydrogen-bond donors (Lipinski definition) is 3. The molecule has 0 aromatic heterocycles. The van der Waals surface area contributed by atoms with Crippen LogP contribution in [0.4, 0.5) is 10.5 Å². The van der Waals surface area contributed by atoms with Gasteiger partial charge in [-0.25, -0.2) is 4.79 Å². The second-order valence-corrected chi connectivity index (χ2v) is 5.91. The molecule has 3 N–H and O–H groups in total. The first-order chi connectivity index (χ1) is 11.5. The summed E-state index contributed by atoms with van der Waals surface area (Å²) in [5, 5.41) is 14.1. The Morgan fingerprint density at radius 3 is 2.83 bits per heavy atom. The molecule has 1 saturated heterocycles. The van der Waals surface area contributed by atoms with E-state index in [1.54, 1.807) is 4.90 Å². The second kappa shape index (κ2) is 8.65. The maximum Gasteiger partial charge on any atom is 0.315 e. The Kier molecular flexibility index (Phi) is 6.57. The lowest BCUT2D eigenvalue weighted by Gasteiger charge is -2.18. The lowest BCUT2D eigenvalue weighted by molar-refractivity contribution is -0.117. The van der Waals surface area contributed by atoms with Crippen LogP contribution in [0.5, 0.6) is 0 Å². The first-order valence-electron chi connectivity index (χ1n) is 8.12. The van der Waals surface area contributed by atoms with E-state index < -0.39 is 0 Å². The standard InChI is InChI=1S/C17H25N3O4/c1-12-3-4-15(9-13(12)2)20-11-14(10-16(20)22)19-17(23)18-5-7-24-8-6-21/h3-4,9,14,21H,5-8,10-11H2,1-2H3,(H2,18,19,23)/t14-/m0/s1. The Morgan fingerprint density at radius 2 is 2.12 bits per heavy atom. The molecule has 1 atom stereocenters. The third-order valence-electron chi connectivity index (χ3n) is 4.03. The summed E-state index contributed by atoms with van der Waals surface area (Å²) in [4.78, 5) is 25.7. The third-order valence-corrected chi connectivity index (χ3v) is 4.03. The van der Waals surface area contributed by atoms with E-state index in [9.17, 15) is 9.59 Å². The van der Waals surface area contributed by atoms with Crippen molar-refractivity contribution in [3.8, 4) is 0 Å². The van der Waals surface area contributed by atoms with Gasteiger partial charge in [0.1, 0.15) is 0 Å². The van der Waals surface area contributed by atoms with Gasteiger partial charge in [0.15, 0.2) is 0 Å². The number of aryl methyl sites for hydroxylation is 2. The number of aliphatic hydroxyl groups is 1. The van der Waals surface area contributed by atoms with E-state index in [4.69, 9.17) is 9.84 Å². The molecule has 0 radical (unpaired) electrons. The number of aliphatic hydroxyl groups excluding tert-OH is 1. The number of carbonyl (C=O) groups excluding carboxylic acids is 2. The number of nitrogens with zero attached hydrogens (tertiary/aromatic N) is 1. The van der Waals surface area contributed by atoms with Gasteiger partial charge >= 0.3 is 6.03 Å². The Balaban J connectivity index is 1.81. The summed E-state index contributed by atoms with van der Waals surface area (Å²) in [5.41, 5.74) is 3.19. The van der Waals surface area contributed by atoms with Crippen LogP contribution in [0.1, 0.15) is 17.5 Å². The zero-order valence-electron chi connectivity index (χ0n) is 14.2. The number of anilines is 1. The Labute approximate surface area is 142 Å². The van der Waals surface area contributed by atoms with Crippen LogP contribution in [-0.4, -0.2) is 56.0 Å². The van der Waals surface area contributed by atoms with Crippen LogP contribution >= 0.6 is 0 Å². The average Bonchev–Trinajstić information content (AvgIpc) is 2.90. The van der Waals surface area contributed by atoms with Crippen molar-refractivity contribution in [3.63, 3.8) is 0 Å². The normalized spacial score (nSPS) is 17.2. The topological polar surface area (TPSA) is 90.9 Å². The Hall–Kier alpha value is -2.12. The van der Waals surface area contributed by atoms with E-state index in [0.29, 0.717) is 26.1 Å². The van der Waals surface area contributed by atoms with E-state index in [1.165, 1.54) is 5.56 Å². The minimum atomic E-state index is -0.317. The second-order valence-electron chi connectivity index (χ2n) is 5.91. The zero-order chi connectivity index (χ0) is 17.5. The lowest BCUT2D eigenvalue weighted by Crippen LogP contribution is -2.44. The van der Waals surface area contributed by atoms with Gasteiger partial charge in [0.25, 0.3) is 0 Å². The molecule has 132 valence electrons. The number of ether oxygens (including phenoxy) is 1. The van der Waals surface area contributed by atoms with E-state index in [1.807, 2.05) is 32.0 Å². The SMILES string of the molecule is Cc1ccc(N2C[C@@H](NC(=O)NCCOCCO)CC2=O)cc1C. The largest absolute Gasteiger partial charge is 0.394 e. The van der Waals surface area contributed by atoms with Crippen molar-refractivity contribution in [1.29, 1.82) is 0 Å². The highest BCUT2D eigenvalue weighted by Gasteiger charge is 2.31. The molecule has 0 bridgehead atoms. The first kappa shape index (κ1) is 18.2. The van der Waals surface area contributed by atoms with E-state index in [-0.39, 0.29) is 31.2 Å². The van der Waals surface area contributed by atoms with Crippen molar-refractivity contribution in [1.82, 2.24) is 10.6 Å². The average molecular weight is 335 g/mol. The molecule has 1 aliphatic rings. The van der Waals surface area contributed by atoms with Gasteiger partial charge < -0.3 is 25.4 Å². The van der Waals surface area contributed by atoms with Gasteiger partial charge in [0.2, 0.25) is 5.91 Å². The number of rotatable bonds is 7. The first-order valence-corrected chi connectivity index (χ1v) is 8.12. The minimum Gasteiger partial charge on any atom is -0.394 e. The summed E-state index contributed by atoms with van der Waals surface area (Å²) < 4.78 is 5.06. The fraction of sp³-hybridized carbons (Fsp3) is 0.529. The summed E-state index contributed by atoms with van der Waals surface area (Å²) in [5.74, 6) is 0.00910. The minimum absolute atomic E-state index is 0.00910. The fourth-order valence-electron chi connectivity index (χ4n) is 2.59. The van der Waals surface area contributed by atoms with Crippen molar-refractivity contribution in [2.75, 3.05) is 37.8 Å². The highest BCUT2D eigenvalue weighted by molar-refractivity contribution is 5.96. The number of hydrogen-bond acceptors (Lipinski definition) is 4. The molecule has 1 aromatic rings. The number of nitrogens with one attached hydrogen (secondary N) is 2. The smallest absolute Gasteiger partial charge is 0.315 e. The van der Waals surface area contributed by atoms with Crippen molar-refractivity contribution >= 4 is 17.6 Å². The maximum atomic E-state index is 12.2. The molecule has 2 rings (SSSR count). The summed E-state index contributed by atoms with van der Waals surface area (Å²) in [6.45, 7) is 5.43. The molecule has 3 amide bonds. The van der Waals surface area contributed by atoms with Crippen LogP contribution in [0.2, 0.25) is 0 Å². The van der Waals surface area contributed by atoms with Gasteiger partial charge in [0, 0.05) is 25.2 Å². The van der Waals surface area contributed by atoms with Gasteiger partial charge in [-0.3, -0.25) is 4.79 Å². The molecular formula is C17H25N3O4. The molecule has 1 heterocycles. The van der Waals surface area contributed by atoms with Crippen LogP contribution in [0.25, 0.3) is 0 Å². The molecule has 1 aromatic carbocycles. The van der Waals surface area contributed by atoms with Crippen LogP contribution in [0.3, 0.4) is 0 Å². The Morgan fingerprint density at radius 1 is 1.33 bits per heavy atom. The number of amides is 3. The third kappa shape index (κ3) is 4.94. The fourth-order valence-corrected chi connectivity index (χ4v) is 2.59. The summed E-state index contributed by atoms with van der Waals surface area (Å²) >= 11 is 0.